The van der Waals surface area contributed by atoms with E-state index in [0.717, 1.165) is 5.56 Å². The van der Waals surface area contributed by atoms with Gasteiger partial charge in [-0.2, -0.15) is 5.10 Å². The lowest BCUT2D eigenvalue weighted by atomic mass is 10.0. The van der Waals surface area contributed by atoms with Crippen LogP contribution in [0, 0.1) is 0 Å². The van der Waals surface area contributed by atoms with Crippen LogP contribution in [-0.4, -0.2) is 27.6 Å². The fraction of sp³-hybridized carbons (Fsp3) is 0.273. The Morgan fingerprint density at radius 1 is 1.00 bits per heavy atom. The summed E-state index contributed by atoms with van der Waals surface area (Å²) in [6.45, 7) is 3.63. The van der Waals surface area contributed by atoms with Crippen molar-refractivity contribution in [3.63, 3.8) is 0 Å². The second kappa shape index (κ2) is 8.66. The molecule has 160 valence electrons. The fourth-order valence-electron chi connectivity index (χ4n) is 3.62. The van der Waals surface area contributed by atoms with Crippen molar-refractivity contribution in [1.29, 1.82) is 0 Å². The number of hydrogen-bond acceptors (Lipinski definition) is 6. The number of rotatable bonds is 4. The highest BCUT2D eigenvalue weighted by Gasteiger charge is 2.30. The summed E-state index contributed by atoms with van der Waals surface area (Å²) in [6, 6.07) is 15.8. The Morgan fingerprint density at radius 3 is 2.39 bits per heavy atom. The highest BCUT2D eigenvalue weighted by atomic mass is 16.2. The highest BCUT2D eigenvalue weighted by Crippen LogP contribution is 2.21. The molecule has 2 aromatic carbocycles. The van der Waals surface area contributed by atoms with Crippen LogP contribution in [-0.2, 0) is 4.79 Å². The molecule has 1 fully saturated rings. The summed E-state index contributed by atoms with van der Waals surface area (Å²) in [5, 5.41) is 5.07. The van der Waals surface area contributed by atoms with Crippen LogP contribution in [0.15, 0.2) is 59.4 Å². The van der Waals surface area contributed by atoms with Crippen molar-refractivity contribution < 1.29 is 9.59 Å². The van der Waals surface area contributed by atoms with Gasteiger partial charge in [-0.25, -0.2) is 15.5 Å². The van der Waals surface area contributed by atoms with Gasteiger partial charge in [0.25, 0.3) is 17.4 Å². The average Bonchev–Trinajstić information content (AvgIpc) is 3.28. The Balaban J connectivity index is 1.47. The van der Waals surface area contributed by atoms with E-state index >= 15 is 0 Å². The van der Waals surface area contributed by atoms with Gasteiger partial charge < -0.3 is 0 Å². The van der Waals surface area contributed by atoms with E-state index in [-0.39, 0.29) is 29.2 Å². The molecule has 9 nitrogen and oxygen atoms in total. The van der Waals surface area contributed by atoms with E-state index in [1.54, 1.807) is 24.3 Å². The Bertz CT molecular complexity index is 1170. The number of aromatic nitrogens is 2. The zero-order chi connectivity index (χ0) is 22.0. The van der Waals surface area contributed by atoms with Gasteiger partial charge in [0.2, 0.25) is 0 Å². The van der Waals surface area contributed by atoms with Gasteiger partial charge in [0.05, 0.1) is 11.4 Å². The lowest BCUT2D eigenvalue weighted by Gasteiger charge is -2.15. The Kier molecular flexibility index (Phi) is 5.79. The topological polar surface area (TPSA) is 117 Å². The summed E-state index contributed by atoms with van der Waals surface area (Å²) in [5.74, 6) is -0.967. The van der Waals surface area contributed by atoms with Crippen LogP contribution in [0.2, 0.25) is 0 Å². The van der Waals surface area contributed by atoms with E-state index in [9.17, 15) is 14.4 Å². The van der Waals surface area contributed by atoms with Crippen molar-refractivity contribution in [3.8, 4) is 0 Å². The molecule has 0 aliphatic carbocycles. The van der Waals surface area contributed by atoms with E-state index < -0.39 is 11.9 Å². The molecule has 2 atom stereocenters. The molecule has 0 radical (unpaired) electrons. The molecule has 4 N–H and O–H groups in total. The van der Waals surface area contributed by atoms with Crippen molar-refractivity contribution in [1.82, 2.24) is 31.5 Å². The molecular weight excluding hydrogens is 396 g/mol. The third kappa shape index (κ3) is 4.18. The number of amides is 2. The molecule has 1 saturated heterocycles. The molecular formula is C22H24N6O3. The van der Waals surface area contributed by atoms with Gasteiger partial charge in [-0.15, -0.1) is 0 Å². The zero-order valence-electron chi connectivity index (χ0n) is 17.3. The number of hydrogen-bond donors (Lipinski definition) is 4. The molecule has 1 aliphatic rings. The monoisotopic (exact) mass is 420 g/mol. The number of nitrogens with zero attached hydrogens (tertiary/aromatic N) is 2. The van der Waals surface area contributed by atoms with Crippen LogP contribution in [0.25, 0.3) is 10.8 Å². The first-order chi connectivity index (χ1) is 15.0. The maximum Gasteiger partial charge on any atom is 0.290 e. The van der Waals surface area contributed by atoms with Crippen LogP contribution < -0.4 is 27.3 Å². The van der Waals surface area contributed by atoms with Crippen LogP contribution in [0.4, 0.5) is 0 Å². The van der Waals surface area contributed by atoms with E-state index in [1.807, 2.05) is 44.2 Å². The number of benzene rings is 2. The van der Waals surface area contributed by atoms with Gasteiger partial charge in [0.1, 0.15) is 6.04 Å². The molecule has 1 aromatic heterocycles. The predicted octanol–water partition coefficient (Wildman–Crippen LogP) is 1.35. The number of carbonyl (C=O) groups excluding carboxylic acids is 2. The number of hydrazine groups is 2. The van der Waals surface area contributed by atoms with Gasteiger partial charge in [-0.1, -0.05) is 48.5 Å². The molecule has 4 rings (SSSR count). The maximum absolute atomic E-state index is 12.8. The third-order valence-corrected chi connectivity index (χ3v) is 5.25. The molecule has 3 aromatic rings. The van der Waals surface area contributed by atoms with Crippen molar-refractivity contribution in [2.24, 2.45) is 0 Å². The van der Waals surface area contributed by atoms with Gasteiger partial charge in [0, 0.05) is 11.4 Å². The van der Waals surface area contributed by atoms with Crippen LogP contribution in [0.5, 0.6) is 0 Å². The lowest BCUT2D eigenvalue weighted by Crippen LogP contribution is -2.50. The Hall–Kier alpha value is -3.56. The SMILES string of the molecule is CC(C)n1nc(C(=O)NNC(=O)C2CC(c3ccccc3)NN2)c2ccccc2c1=O. The van der Waals surface area contributed by atoms with Crippen LogP contribution in [0.1, 0.15) is 48.4 Å². The second-order valence-corrected chi connectivity index (χ2v) is 7.72. The summed E-state index contributed by atoms with van der Waals surface area (Å²) in [7, 11) is 0. The van der Waals surface area contributed by atoms with Crippen molar-refractivity contribution >= 4 is 22.6 Å². The normalized spacial score (nSPS) is 18.3. The standard InChI is InChI=1S/C22H24N6O3/c1-13(2)28-22(31)16-11-7-6-10-15(16)19(27-28)21(30)26-25-20(29)18-12-17(23-24-18)14-8-4-3-5-9-14/h3-11,13,17-18,23-24H,12H2,1-2H3,(H,25,29)(H,26,30). The Morgan fingerprint density at radius 2 is 1.68 bits per heavy atom. The lowest BCUT2D eigenvalue weighted by molar-refractivity contribution is -0.123. The van der Waals surface area contributed by atoms with E-state index in [0.29, 0.717) is 17.2 Å². The summed E-state index contributed by atoms with van der Waals surface area (Å²) < 4.78 is 1.27. The Labute approximate surface area is 178 Å². The zero-order valence-corrected chi connectivity index (χ0v) is 17.3. The minimum Gasteiger partial charge on any atom is -0.271 e. The summed E-state index contributed by atoms with van der Waals surface area (Å²) in [6.07, 6.45) is 0.533. The van der Waals surface area contributed by atoms with Gasteiger partial charge >= 0.3 is 0 Å². The van der Waals surface area contributed by atoms with Crippen LogP contribution in [0.3, 0.4) is 0 Å². The van der Waals surface area contributed by atoms with Crippen LogP contribution >= 0.6 is 0 Å². The minimum absolute atomic E-state index is 0.00661. The summed E-state index contributed by atoms with van der Waals surface area (Å²) in [5.41, 5.74) is 11.8. The average molecular weight is 420 g/mol. The summed E-state index contributed by atoms with van der Waals surface area (Å²) in [4.78, 5) is 38.0. The molecule has 31 heavy (non-hydrogen) atoms. The predicted molar refractivity (Wildman–Crippen MR) is 116 cm³/mol. The molecule has 1 aliphatic heterocycles. The highest BCUT2D eigenvalue weighted by molar-refractivity contribution is 6.05. The van der Waals surface area contributed by atoms with E-state index in [4.69, 9.17) is 0 Å². The molecule has 0 spiro atoms. The van der Waals surface area contributed by atoms with Crippen molar-refractivity contribution in [2.45, 2.75) is 38.4 Å². The molecule has 9 heteroatoms. The number of carbonyl (C=O) groups is 2. The van der Waals surface area contributed by atoms with Gasteiger partial charge in [0.15, 0.2) is 5.69 Å². The van der Waals surface area contributed by atoms with Gasteiger partial charge in [-0.3, -0.25) is 25.2 Å². The first-order valence-electron chi connectivity index (χ1n) is 10.1. The molecule has 2 amide bonds. The maximum atomic E-state index is 12.8. The minimum atomic E-state index is -0.593. The fourth-order valence-corrected chi connectivity index (χ4v) is 3.62. The quantitative estimate of drug-likeness (QED) is 0.474. The van der Waals surface area contributed by atoms with Gasteiger partial charge in [-0.05, 0) is 31.9 Å². The molecule has 2 unspecified atom stereocenters. The largest absolute Gasteiger partial charge is 0.290 e. The van der Waals surface area contributed by atoms with Crippen molar-refractivity contribution in [3.05, 3.63) is 76.2 Å². The summed E-state index contributed by atoms with van der Waals surface area (Å²) >= 11 is 0. The first-order valence-corrected chi connectivity index (χ1v) is 10.1. The smallest absolute Gasteiger partial charge is 0.271 e. The second-order valence-electron chi connectivity index (χ2n) is 7.72. The third-order valence-electron chi connectivity index (χ3n) is 5.25. The molecule has 0 saturated carbocycles. The van der Waals surface area contributed by atoms with Crippen molar-refractivity contribution in [2.75, 3.05) is 0 Å². The first kappa shape index (κ1) is 20.7. The van der Waals surface area contributed by atoms with E-state index in [1.165, 1.54) is 4.68 Å². The number of fused-ring (bicyclic) bond motifs is 1. The van der Waals surface area contributed by atoms with E-state index in [2.05, 4.69) is 26.8 Å². The number of nitrogens with one attached hydrogen (secondary N) is 4. The molecule has 0 bridgehead atoms. The molecule has 2 heterocycles.